The minimum absolute atomic E-state index is 0.0663. The summed E-state index contributed by atoms with van der Waals surface area (Å²) in [6.07, 6.45) is 0.952. The molecule has 2 aromatic carbocycles. The molecule has 5 nitrogen and oxygen atoms in total. The first-order valence-corrected chi connectivity index (χ1v) is 9.02. The van der Waals surface area contributed by atoms with Crippen LogP contribution >= 0.6 is 0 Å². The number of amides is 1. The molecule has 1 heterocycles. The molecule has 0 unspecified atom stereocenters. The normalized spacial score (nSPS) is 10.6. The summed E-state index contributed by atoms with van der Waals surface area (Å²) in [5.41, 5.74) is 4.67. The van der Waals surface area contributed by atoms with Crippen LogP contribution in [-0.4, -0.2) is 11.1 Å². The Labute approximate surface area is 159 Å². The first-order chi connectivity index (χ1) is 13.0. The number of nitrogens with zero attached hydrogens (tertiary/aromatic N) is 1. The summed E-state index contributed by atoms with van der Waals surface area (Å²) < 4.78 is 11.1. The lowest BCUT2D eigenvalue weighted by Crippen LogP contribution is -2.14. The molecule has 5 heteroatoms. The van der Waals surface area contributed by atoms with Crippen molar-refractivity contribution in [1.29, 1.82) is 0 Å². The number of rotatable bonds is 7. The second-order valence-corrected chi connectivity index (χ2v) is 6.62. The smallest absolute Gasteiger partial charge is 0.224 e. The van der Waals surface area contributed by atoms with E-state index >= 15 is 0 Å². The van der Waals surface area contributed by atoms with Crippen LogP contribution in [0.2, 0.25) is 0 Å². The van der Waals surface area contributed by atoms with E-state index in [2.05, 4.69) is 10.5 Å². The number of carbonyl (C=O) groups is 1. The number of ether oxygens (including phenoxy) is 1. The zero-order chi connectivity index (χ0) is 19.2. The highest BCUT2D eigenvalue weighted by Crippen LogP contribution is 2.27. The molecule has 0 aliphatic heterocycles. The Hall–Kier alpha value is -3.08. The van der Waals surface area contributed by atoms with E-state index in [4.69, 9.17) is 9.26 Å². The maximum atomic E-state index is 12.4. The molecule has 140 valence electrons. The molecule has 3 aromatic rings. The quantitative estimate of drug-likeness (QED) is 0.657. The first-order valence-electron chi connectivity index (χ1n) is 9.02. The predicted octanol–water partition coefficient (Wildman–Crippen LogP) is 4.75. The lowest BCUT2D eigenvalue weighted by atomic mass is 10.1. The number of carbonyl (C=O) groups excluding carboxylic acids is 1. The molecule has 0 radical (unpaired) electrons. The lowest BCUT2D eigenvalue weighted by Gasteiger charge is -2.13. The SMILES string of the molecule is Cc1ccc(NC(=O)CCc2c(C)noc2C)c(OCc2ccccc2)c1. The van der Waals surface area contributed by atoms with Crippen molar-refractivity contribution in [3.8, 4) is 5.75 Å². The van der Waals surface area contributed by atoms with Crippen LogP contribution in [0.4, 0.5) is 5.69 Å². The highest BCUT2D eigenvalue weighted by Gasteiger charge is 2.13. The molecular weight excluding hydrogens is 340 g/mol. The third kappa shape index (κ3) is 4.97. The average Bonchev–Trinajstić information content (AvgIpc) is 2.99. The number of hydrogen-bond donors (Lipinski definition) is 1. The summed E-state index contributed by atoms with van der Waals surface area (Å²) >= 11 is 0. The molecule has 1 amide bonds. The third-order valence-electron chi connectivity index (χ3n) is 4.43. The fraction of sp³-hybridized carbons (Fsp3) is 0.273. The highest BCUT2D eigenvalue weighted by molar-refractivity contribution is 5.92. The number of nitrogens with one attached hydrogen (secondary N) is 1. The van der Waals surface area contributed by atoms with E-state index in [0.29, 0.717) is 30.9 Å². The van der Waals surface area contributed by atoms with Crippen molar-refractivity contribution in [1.82, 2.24) is 5.16 Å². The average molecular weight is 364 g/mol. The first kappa shape index (κ1) is 18.7. The van der Waals surface area contributed by atoms with Gasteiger partial charge in [0.1, 0.15) is 18.1 Å². The van der Waals surface area contributed by atoms with Crippen molar-refractivity contribution in [3.63, 3.8) is 0 Å². The van der Waals surface area contributed by atoms with Crippen molar-refractivity contribution in [2.45, 2.75) is 40.2 Å². The van der Waals surface area contributed by atoms with E-state index < -0.39 is 0 Å². The summed E-state index contributed by atoms with van der Waals surface area (Å²) in [6, 6.07) is 15.7. The zero-order valence-electron chi connectivity index (χ0n) is 15.9. The molecule has 0 atom stereocenters. The van der Waals surface area contributed by atoms with E-state index in [1.807, 2.05) is 69.3 Å². The summed E-state index contributed by atoms with van der Waals surface area (Å²) in [5.74, 6) is 1.37. The van der Waals surface area contributed by atoms with Crippen molar-refractivity contribution < 1.29 is 14.1 Å². The van der Waals surface area contributed by atoms with E-state index in [1.54, 1.807) is 0 Å². The van der Waals surface area contributed by atoms with E-state index in [0.717, 1.165) is 28.1 Å². The molecular formula is C22H24N2O3. The lowest BCUT2D eigenvalue weighted by molar-refractivity contribution is -0.116. The van der Waals surface area contributed by atoms with Crippen molar-refractivity contribution in [3.05, 3.63) is 76.7 Å². The van der Waals surface area contributed by atoms with Gasteiger partial charge in [0, 0.05) is 12.0 Å². The Morgan fingerprint density at radius 1 is 1.11 bits per heavy atom. The number of aryl methyl sites for hydroxylation is 3. The van der Waals surface area contributed by atoms with Gasteiger partial charge in [-0.3, -0.25) is 4.79 Å². The molecule has 1 aromatic heterocycles. The number of hydrogen-bond acceptors (Lipinski definition) is 4. The molecule has 0 aliphatic carbocycles. The Balaban J connectivity index is 1.64. The molecule has 0 saturated heterocycles. The number of anilines is 1. The van der Waals surface area contributed by atoms with Crippen LogP contribution in [0.1, 0.15) is 34.6 Å². The Kier molecular flexibility index (Phi) is 5.91. The van der Waals surface area contributed by atoms with Gasteiger partial charge >= 0.3 is 0 Å². The molecule has 0 aliphatic rings. The molecule has 3 rings (SSSR count). The monoisotopic (exact) mass is 364 g/mol. The van der Waals surface area contributed by atoms with Gasteiger partial charge in [-0.05, 0) is 50.5 Å². The molecule has 0 saturated carbocycles. The summed E-state index contributed by atoms with van der Waals surface area (Å²) in [4.78, 5) is 12.4. The fourth-order valence-corrected chi connectivity index (χ4v) is 2.90. The van der Waals surface area contributed by atoms with Gasteiger partial charge < -0.3 is 14.6 Å². The van der Waals surface area contributed by atoms with Gasteiger partial charge in [-0.15, -0.1) is 0 Å². The highest BCUT2D eigenvalue weighted by atomic mass is 16.5. The van der Waals surface area contributed by atoms with Gasteiger partial charge in [-0.25, -0.2) is 0 Å². The summed E-state index contributed by atoms with van der Waals surface area (Å²) in [6.45, 7) is 6.20. The Bertz CT molecular complexity index is 897. The van der Waals surface area contributed by atoms with Crippen LogP contribution in [0.3, 0.4) is 0 Å². The van der Waals surface area contributed by atoms with Crippen LogP contribution < -0.4 is 10.1 Å². The van der Waals surface area contributed by atoms with Gasteiger partial charge in [0.25, 0.3) is 0 Å². The fourth-order valence-electron chi connectivity index (χ4n) is 2.90. The van der Waals surface area contributed by atoms with Gasteiger partial charge in [-0.2, -0.15) is 0 Å². The van der Waals surface area contributed by atoms with E-state index in [9.17, 15) is 4.79 Å². The molecule has 1 N–H and O–H groups in total. The Morgan fingerprint density at radius 2 is 1.89 bits per heavy atom. The predicted molar refractivity (Wildman–Crippen MR) is 105 cm³/mol. The van der Waals surface area contributed by atoms with Gasteiger partial charge in [0.05, 0.1) is 11.4 Å². The minimum atomic E-state index is -0.0663. The van der Waals surface area contributed by atoms with E-state index in [1.165, 1.54) is 0 Å². The van der Waals surface area contributed by atoms with E-state index in [-0.39, 0.29) is 5.91 Å². The largest absolute Gasteiger partial charge is 0.487 e. The minimum Gasteiger partial charge on any atom is -0.487 e. The second-order valence-electron chi connectivity index (χ2n) is 6.62. The molecule has 0 fully saturated rings. The third-order valence-corrected chi connectivity index (χ3v) is 4.43. The van der Waals surface area contributed by atoms with Gasteiger partial charge in [0.2, 0.25) is 5.91 Å². The van der Waals surface area contributed by atoms with Crippen LogP contribution in [0.5, 0.6) is 5.75 Å². The van der Waals surface area contributed by atoms with Crippen LogP contribution in [0, 0.1) is 20.8 Å². The molecule has 0 bridgehead atoms. The maximum Gasteiger partial charge on any atom is 0.224 e. The van der Waals surface area contributed by atoms with Crippen molar-refractivity contribution in [2.24, 2.45) is 0 Å². The maximum absolute atomic E-state index is 12.4. The summed E-state index contributed by atoms with van der Waals surface area (Å²) in [5, 5.41) is 6.89. The zero-order valence-corrected chi connectivity index (χ0v) is 15.9. The molecule has 0 spiro atoms. The number of aromatic nitrogens is 1. The van der Waals surface area contributed by atoms with Crippen LogP contribution in [0.25, 0.3) is 0 Å². The second kappa shape index (κ2) is 8.54. The van der Waals surface area contributed by atoms with Crippen LogP contribution in [-0.2, 0) is 17.8 Å². The van der Waals surface area contributed by atoms with Gasteiger partial charge in [0.15, 0.2) is 0 Å². The van der Waals surface area contributed by atoms with Gasteiger partial charge in [-0.1, -0.05) is 41.6 Å². The van der Waals surface area contributed by atoms with Crippen molar-refractivity contribution in [2.75, 3.05) is 5.32 Å². The summed E-state index contributed by atoms with van der Waals surface area (Å²) in [7, 11) is 0. The van der Waals surface area contributed by atoms with Crippen LogP contribution in [0.15, 0.2) is 53.1 Å². The van der Waals surface area contributed by atoms with Crippen molar-refractivity contribution >= 4 is 11.6 Å². The Morgan fingerprint density at radius 3 is 2.59 bits per heavy atom. The topological polar surface area (TPSA) is 64.4 Å². The molecule has 27 heavy (non-hydrogen) atoms. The number of benzene rings is 2. The standard InChI is InChI=1S/C22H24N2O3/c1-15-9-11-20(21(13-15)26-14-18-7-5-4-6-8-18)23-22(25)12-10-19-16(2)24-27-17(19)3/h4-9,11,13H,10,12,14H2,1-3H3,(H,23,25).